The lowest BCUT2D eigenvalue weighted by Crippen LogP contribution is -2.35. The van der Waals surface area contributed by atoms with E-state index in [0.29, 0.717) is 12.6 Å². The smallest absolute Gasteiger partial charge is 0.0467 e. The number of nitrogens with two attached hydrogens (primary N) is 1. The Balaban J connectivity index is 1.65. The molecule has 0 spiro atoms. The van der Waals surface area contributed by atoms with E-state index in [2.05, 4.69) is 52.1 Å². The molecular weight excluding hydrogens is 312 g/mol. The molecule has 2 nitrogen and oxygen atoms in total. The maximum absolute atomic E-state index is 6.04. The summed E-state index contributed by atoms with van der Waals surface area (Å²) in [7, 11) is 2.24. The molecule has 2 bridgehead atoms. The van der Waals surface area contributed by atoms with E-state index in [1.165, 1.54) is 37.8 Å². The molecule has 3 heteroatoms. The van der Waals surface area contributed by atoms with Crippen LogP contribution in [0.1, 0.15) is 37.3 Å². The van der Waals surface area contributed by atoms with Crippen molar-refractivity contribution in [3.8, 4) is 0 Å². The molecule has 2 aliphatic rings. The minimum absolute atomic E-state index is 0.349. The van der Waals surface area contributed by atoms with Crippen molar-refractivity contribution in [3.05, 3.63) is 34.3 Å². The van der Waals surface area contributed by atoms with E-state index >= 15 is 0 Å². The zero-order valence-corrected chi connectivity index (χ0v) is 13.8. The molecule has 2 N–H and O–H groups in total. The molecule has 0 amide bonds. The first-order valence-electron chi connectivity index (χ1n) is 7.83. The van der Waals surface area contributed by atoms with Crippen LogP contribution in [0.4, 0.5) is 0 Å². The molecular formula is C17H25BrN2. The number of benzene rings is 1. The van der Waals surface area contributed by atoms with Gasteiger partial charge in [0.2, 0.25) is 0 Å². The molecule has 0 radical (unpaired) electrons. The lowest BCUT2D eigenvalue weighted by atomic mass is 9.88. The number of halogens is 1. The molecule has 2 fully saturated rings. The van der Waals surface area contributed by atoms with E-state index in [4.69, 9.17) is 5.73 Å². The van der Waals surface area contributed by atoms with E-state index in [-0.39, 0.29) is 0 Å². The Morgan fingerprint density at radius 1 is 1.25 bits per heavy atom. The Bertz CT molecular complexity index is 445. The van der Waals surface area contributed by atoms with E-state index in [9.17, 15) is 0 Å². The second-order valence-electron chi connectivity index (χ2n) is 6.68. The molecule has 0 aromatic heterocycles. The average molecular weight is 337 g/mol. The highest BCUT2D eigenvalue weighted by Gasteiger charge is 2.40. The zero-order chi connectivity index (χ0) is 14.1. The molecule has 2 saturated carbocycles. The van der Waals surface area contributed by atoms with Gasteiger partial charge in [-0.15, -0.1) is 0 Å². The predicted octanol–water partition coefficient (Wildman–Crippen LogP) is 3.82. The van der Waals surface area contributed by atoms with Gasteiger partial charge in [0.15, 0.2) is 0 Å². The summed E-state index contributed by atoms with van der Waals surface area (Å²) >= 11 is 3.50. The van der Waals surface area contributed by atoms with Gasteiger partial charge in [-0.1, -0.05) is 34.5 Å². The molecule has 0 saturated heterocycles. The van der Waals surface area contributed by atoms with Gasteiger partial charge in [-0.05, 0) is 61.8 Å². The highest BCUT2D eigenvalue weighted by atomic mass is 79.9. The molecule has 0 aliphatic heterocycles. The third kappa shape index (κ3) is 2.95. The van der Waals surface area contributed by atoms with Gasteiger partial charge in [-0.2, -0.15) is 0 Å². The fourth-order valence-electron chi connectivity index (χ4n) is 4.35. The zero-order valence-electron chi connectivity index (χ0n) is 12.3. The predicted molar refractivity (Wildman–Crippen MR) is 87.5 cm³/mol. The third-order valence-electron chi connectivity index (χ3n) is 5.42. The number of rotatable bonds is 5. The fraction of sp³-hybridized carbons (Fsp3) is 0.647. The standard InChI is InChI=1S/C17H25BrN2/c1-20(11-15-9-12-2-3-14(15)8-12)17(10-19)13-4-6-16(18)7-5-13/h4-7,12,14-15,17H,2-3,8-11,19H2,1H3. The molecule has 110 valence electrons. The lowest BCUT2D eigenvalue weighted by Gasteiger charge is -2.32. The SMILES string of the molecule is CN(CC1CC2CCC1C2)C(CN)c1ccc(Br)cc1. The second kappa shape index (κ2) is 6.17. The summed E-state index contributed by atoms with van der Waals surface area (Å²) in [6.45, 7) is 1.90. The Labute approximate surface area is 130 Å². The molecule has 0 heterocycles. The van der Waals surface area contributed by atoms with Crippen molar-refractivity contribution in [1.82, 2.24) is 4.90 Å². The van der Waals surface area contributed by atoms with Crippen LogP contribution < -0.4 is 5.73 Å². The summed E-state index contributed by atoms with van der Waals surface area (Å²) in [5, 5.41) is 0. The van der Waals surface area contributed by atoms with Gasteiger partial charge < -0.3 is 5.73 Å². The topological polar surface area (TPSA) is 29.3 Å². The number of likely N-dealkylation sites (N-methyl/N-ethyl adjacent to an activating group) is 1. The number of hydrogen-bond donors (Lipinski definition) is 1. The average Bonchev–Trinajstić information content (AvgIpc) is 3.04. The summed E-state index contributed by atoms with van der Waals surface area (Å²) in [6, 6.07) is 8.96. The largest absolute Gasteiger partial charge is 0.329 e. The molecule has 4 atom stereocenters. The first kappa shape index (κ1) is 14.6. The van der Waals surface area contributed by atoms with E-state index in [0.717, 1.165) is 22.2 Å². The van der Waals surface area contributed by atoms with Crippen molar-refractivity contribution >= 4 is 15.9 Å². The minimum atomic E-state index is 0.349. The Morgan fingerprint density at radius 2 is 2.00 bits per heavy atom. The maximum atomic E-state index is 6.04. The monoisotopic (exact) mass is 336 g/mol. The van der Waals surface area contributed by atoms with Gasteiger partial charge in [0.25, 0.3) is 0 Å². The van der Waals surface area contributed by atoms with Crippen LogP contribution in [0.25, 0.3) is 0 Å². The fourth-order valence-corrected chi connectivity index (χ4v) is 4.62. The highest BCUT2D eigenvalue weighted by molar-refractivity contribution is 9.10. The third-order valence-corrected chi connectivity index (χ3v) is 5.95. The Hall–Kier alpha value is -0.380. The quantitative estimate of drug-likeness (QED) is 0.885. The van der Waals surface area contributed by atoms with Gasteiger partial charge >= 0.3 is 0 Å². The van der Waals surface area contributed by atoms with Crippen LogP contribution in [0, 0.1) is 17.8 Å². The van der Waals surface area contributed by atoms with Gasteiger partial charge in [-0.3, -0.25) is 4.90 Å². The minimum Gasteiger partial charge on any atom is -0.329 e. The molecule has 1 aromatic carbocycles. The summed E-state index contributed by atoms with van der Waals surface area (Å²) in [4.78, 5) is 2.48. The Morgan fingerprint density at radius 3 is 2.55 bits per heavy atom. The summed E-state index contributed by atoms with van der Waals surface area (Å²) in [5.41, 5.74) is 7.38. The van der Waals surface area contributed by atoms with Crippen LogP contribution in [0.2, 0.25) is 0 Å². The van der Waals surface area contributed by atoms with Crippen molar-refractivity contribution in [2.24, 2.45) is 23.5 Å². The first-order chi connectivity index (χ1) is 9.67. The summed E-state index contributed by atoms with van der Waals surface area (Å²) < 4.78 is 1.13. The van der Waals surface area contributed by atoms with Crippen LogP contribution >= 0.6 is 15.9 Å². The maximum Gasteiger partial charge on any atom is 0.0467 e. The van der Waals surface area contributed by atoms with E-state index in [1.807, 2.05) is 0 Å². The number of hydrogen-bond acceptors (Lipinski definition) is 2. The number of nitrogens with zero attached hydrogens (tertiary/aromatic N) is 1. The highest BCUT2D eigenvalue weighted by Crippen LogP contribution is 2.48. The van der Waals surface area contributed by atoms with Crippen LogP contribution in [-0.2, 0) is 0 Å². The molecule has 3 rings (SSSR count). The van der Waals surface area contributed by atoms with Crippen molar-refractivity contribution in [1.29, 1.82) is 0 Å². The molecule has 4 unspecified atom stereocenters. The second-order valence-corrected chi connectivity index (χ2v) is 7.59. The van der Waals surface area contributed by atoms with Crippen molar-refractivity contribution < 1.29 is 0 Å². The number of fused-ring (bicyclic) bond motifs is 2. The van der Waals surface area contributed by atoms with Crippen LogP contribution in [0.3, 0.4) is 0 Å². The van der Waals surface area contributed by atoms with Crippen LogP contribution in [0.5, 0.6) is 0 Å². The first-order valence-corrected chi connectivity index (χ1v) is 8.62. The lowest BCUT2D eigenvalue weighted by molar-refractivity contribution is 0.176. The Kier molecular flexibility index (Phi) is 4.49. The normalized spacial score (nSPS) is 30.1. The van der Waals surface area contributed by atoms with Gasteiger partial charge in [0.05, 0.1) is 0 Å². The van der Waals surface area contributed by atoms with Crippen LogP contribution in [-0.4, -0.2) is 25.0 Å². The van der Waals surface area contributed by atoms with Crippen LogP contribution in [0.15, 0.2) is 28.7 Å². The van der Waals surface area contributed by atoms with Gasteiger partial charge in [-0.25, -0.2) is 0 Å². The molecule has 1 aromatic rings. The van der Waals surface area contributed by atoms with E-state index < -0.39 is 0 Å². The van der Waals surface area contributed by atoms with Crippen molar-refractivity contribution in [3.63, 3.8) is 0 Å². The molecule has 2 aliphatic carbocycles. The van der Waals surface area contributed by atoms with Gasteiger partial charge in [0.1, 0.15) is 0 Å². The van der Waals surface area contributed by atoms with Crippen molar-refractivity contribution in [2.45, 2.75) is 31.7 Å². The summed E-state index contributed by atoms with van der Waals surface area (Å²) in [5.74, 6) is 2.93. The van der Waals surface area contributed by atoms with Crippen molar-refractivity contribution in [2.75, 3.05) is 20.1 Å². The van der Waals surface area contributed by atoms with Gasteiger partial charge in [0, 0.05) is 23.6 Å². The van der Waals surface area contributed by atoms with E-state index in [1.54, 1.807) is 0 Å². The summed E-state index contributed by atoms with van der Waals surface area (Å²) in [6.07, 6.45) is 5.89. The molecule has 20 heavy (non-hydrogen) atoms.